The highest BCUT2D eigenvalue weighted by molar-refractivity contribution is 6.30. The van der Waals surface area contributed by atoms with Crippen LogP contribution in [0.15, 0.2) is 42.5 Å². The summed E-state index contributed by atoms with van der Waals surface area (Å²) in [6, 6.07) is 12.0. The monoisotopic (exact) mass is 419 g/mol. The van der Waals surface area contributed by atoms with E-state index in [1.165, 1.54) is 24.8 Å². The summed E-state index contributed by atoms with van der Waals surface area (Å²) in [6.45, 7) is 3.40. The van der Waals surface area contributed by atoms with Gasteiger partial charge in [0.15, 0.2) is 12.4 Å². The summed E-state index contributed by atoms with van der Waals surface area (Å²) in [5, 5.41) is 11.8. The quantitative estimate of drug-likeness (QED) is 0.506. The van der Waals surface area contributed by atoms with E-state index in [1.54, 1.807) is 11.0 Å². The molecule has 1 heterocycles. The molecule has 0 unspecified atom stereocenters. The molecule has 29 heavy (non-hydrogen) atoms. The van der Waals surface area contributed by atoms with Crippen molar-refractivity contribution in [3.8, 4) is 11.5 Å². The molecule has 1 fully saturated rings. The lowest BCUT2D eigenvalue weighted by atomic mass is 10.2. The molecular formula is C20H22ClN3O5. The number of amides is 1. The van der Waals surface area contributed by atoms with Crippen molar-refractivity contribution < 1.29 is 19.2 Å². The number of hydrogen-bond donors (Lipinski definition) is 0. The Morgan fingerprint density at radius 2 is 1.83 bits per heavy atom. The van der Waals surface area contributed by atoms with E-state index in [0.717, 1.165) is 19.6 Å². The van der Waals surface area contributed by atoms with Crippen LogP contribution in [0.2, 0.25) is 5.02 Å². The minimum atomic E-state index is -0.548. The molecule has 1 aliphatic rings. The Hall–Kier alpha value is -2.84. The first-order valence-electron chi connectivity index (χ1n) is 9.16. The number of halogens is 1. The molecule has 0 N–H and O–H groups in total. The van der Waals surface area contributed by atoms with E-state index in [4.69, 9.17) is 21.1 Å². The van der Waals surface area contributed by atoms with Gasteiger partial charge in [0.2, 0.25) is 0 Å². The average Bonchev–Trinajstić information content (AvgIpc) is 2.74. The van der Waals surface area contributed by atoms with Crippen molar-refractivity contribution in [2.75, 3.05) is 39.9 Å². The predicted molar refractivity (Wildman–Crippen MR) is 108 cm³/mol. The van der Waals surface area contributed by atoms with Crippen LogP contribution in [0.1, 0.15) is 5.56 Å². The third-order valence-corrected chi connectivity index (χ3v) is 5.01. The highest BCUT2D eigenvalue weighted by Gasteiger charge is 2.22. The zero-order valence-corrected chi connectivity index (χ0v) is 16.8. The van der Waals surface area contributed by atoms with Gasteiger partial charge in [-0.1, -0.05) is 23.7 Å². The molecular weight excluding hydrogens is 398 g/mol. The van der Waals surface area contributed by atoms with E-state index in [9.17, 15) is 14.9 Å². The lowest BCUT2D eigenvalue weighted by molar-refractivity contribution is -0.385. The molecule has 3 rings (SSSR count). The number of piperazine rings is 1. The maximum absolute atomic E-state index is 12.4. The number of carbonyl (C=O) groups excluding carboxylic acids is 1. The molecule has 8 nitrogen and oxygen atoms in total. The van der Waals surface area contributed by atoms with Gasteiger partial charge in [-0.15, -0.1) is 0 Å². The Morgan fingerprint density at radius 1 is 1.14 bits per heavy atom. The van der Waals surface area contributed by atoms with Crippen LogP contribution in [-0.4, -0.2) is 60.5 Å². The first-order valence-corrected chi connectivity index (χ1v) is 9.54. The number of hydrogen-bond acceptors (Lipinski definition) is 6. The predicted octanol–water partition coefficient (Wildman–Crippen LogP) is 2.98. The van der Waals surface area contributed by atoms with Crippen molar-refractivity contribution in [1.29, 1.82) is 0 Å². The van der Waals surface area contributed by atoms with Crippen molar-refractivity contribution >= 4 is 23.2 Å². The first-order chi connectivity index (χ1) is 14.0. The van der Waals surface area contributed by atoms with Crippen molar-refractivity contribution in [3.63, 3.8) is 0 Å². The zero-order chi connectivity index (χ0) is 20.8. The van der Waals surface area contributed by atoms with Crippen molar-refractivity contribution in [2.24, 2.45) is 0 Å². The molecule has 154 valence electrons. The summed E-state index contributed by atoms with van der Waals surface area (Å²) >= 11 is 5.91. The van der Waals surface area contributed by atoms with Gasteiger partial charge in [-0.05, 0) is 29.8 Å². The molecule has 1 amide bonds. The molecule has 0 bridgehead atoms. The van der Waals surface area contributed by atoms with Gasteiger partial charge in [-0.2, -0.15) is 0 Å². The molecule has 0 atom stereocenters. The lowest BCUT2D eigenvalue weighted by Crippen LogP contribution is -2.49. The van der Waals surface area contributed by atoms with E-state index in [0.29, 0.717) is 18.1 Å². The Labute approximate surface area is 173 Å². The fourth-order valence-electron chi connectivity index (χ4n) is 3.14. The Balaban J connectivity index is 1.48. The summed E-state index contributed by atoms with van der Waals surface area (Å²) in [6.07, 6.45) is 0. The number of nitro benzene ring substituents is 1. The number of benzene rings is 2. The van der Waals surface area contributed by atoms with Crippen LogP contribution >= 0.6 is 11.6 Å². The molecule has 0 aliphatic carbocycles. The first kappa shape index (κ1) is 20.9. The fraction of sp³-hybridized carbons (Fsp3) is 0.350. The van der Waals surface area contributed by atoms with Crippen LogP contribution in [0.4, 0.5) is 5.69 Å². The number of nitrogens with zero attached hydrogens (tertiary/aromatic N) is 3. The van der Waals surface area contributed by atoms with Crippen LogP contribution in [-0.2, 0) is 11.3 Å². The fourth-order valence-corrected chi connectivity index (χ4v) is 3.27. The molecule has 0 aromatic heterocycles. The van der Waals surface area contributed by atoms with Crippen LogP contribution in [0.25, 0.3) is 0 Å². The van der Waals surface area contributed by atoms with E-state index in [2.05, 4.69) is 4.90 Å². The van der Waals surface area contributed by atoms with Gasteiger partial charge in [0, 0.05) is 37.7 Å². The number of nitro groups is 1. The minimum Gasteiger partial charge on any atom is -0.490 e. The second kappa shape index (κ2) is 9.58. The van der Waals surface area contributed by atoms with Crippen molar-refractivity contribution in [3.05, 3.63) is 63.2 Å². The number of methoxy groups -OCH3 is 1. The largest absolute Gasteiger partial charge is 0.490 e. The summed E-state index contributed by atoms with van der Waals surface area (Å²) in [7, 11) is 1.36. The normalized spacial score (nSPS) is 14.5. The third kappa shape index (κ3) is 5.58. The van der Waals surface area contributed by atoms with Gasteiger partial charge in [-0.25, -0.2) is 0 Å². The lowest BCUT2D eigenvalue weighted by Gasteiger charge is -2.34. The molecule has 1 saturated heterocycles. The molecule has 0 radical (unpaired) electrons. The van der Waals surface area contributed by atoms with Crippen LogP contribution < -0.4 is 9.47 Å². The molecule has 0 saturated carbocycles. The molecule has 2 aromatic rings. The van der Waals surface area contributed by atoms with E-state index < -0.39 is 4.92 Å². The Bertz CT molecular complexity index is 867. The van der Waals surface area contributed by atoms with Crippen LogP contribution in [0, 0.1) is 10.1 Å². The van der Waals surface area contributed by atoms with E-state index in [-0.39, 0.29) is 29.7 Å². The Morgan fingerprint density at radius 3 is 2.45 bits per heavy atom. The van der Waals surface area contributed by atoms with Crippen molar-refractivity contribution in [1.82, 2.24) is 9.80 Å². The van der Waals surface area contributed by atoms with Gasteiger partial charge < -0.3 is 14.4 Å². The summed E-state index contributed by atoms with van der Waals surface area (Å²) < 4.78 is 10.4. The summed E-state index contributed by atoms with van der Waals surface area (Å²) in [5.74, 6) is 0.257. The van der Waals surface area contributed by atoms with Gasteiger partial charge >= 0.3 is 5.69 Å². The smallest absolute Gasteiger partial charge is 0.314 e. The zero-order valence-electron chi connectivity index (χ0n) is 16.0. The third-order valence-electron chi connectivity index (χ3n) is 4.75. The van der Waals surface area contributed by atoms with Crippen LogP contribution in [0.5, 0.6) is 11.5 Å². The molecule has 0 spiro atoms. The maximum Gasteiger partial charge on any atom is 0.314 e. The maximum atomic E-state index is 12.4. The summed E-state index contributed by atoms with van der Waals surface area (Å²) in [4.78, 5) is 27.0. The average molecular weight is 420 g/mol. The van der Waals surface area contributed by atoms with Gasteiger partial charge in [-0.3, -0.25) is 19.8 Å². The standard InChI is InChI=1S/C20H22ClN3O5/c1-28-19-7-6-17(12-18(19)24(26)27)29-14-20(25)23-10-8-22(9-11-23)13-15-2-4-16(21)5-3-15/h2-7,12H,8-11,13-14H2,1H3. The van der Waals surface area contributed by atoms with Gasteiger partial charge in [0.05, 0.1) is 18.1 Å². The Kier molecular flexibility index (Phi) is 6.90. The highest BCUT2D eigenvalue weighted by atomic mass is 35.5. The van der Waals surface area contributed by atoms with E-state index >= 15 is 0 Å². The minimum absolute atomic E-state index is 0.144. The SMILES string of the molecule is COc1ccc(OCC(=O)N2CCN(Cc3ccc(Cl)cc3)CC2)cc1[N+](=O)[O-]. The van der Waals surface area contributed by atoms with Gasteiger partial charge in [0.25, 0.3) is 5.91 Å². The number of ether oxygens (including phenoxy) is 2. The second-order valence-electron chi connectivity index (χ2n) is 6.66. The molecule has 2 aromatic carbocycles. The van der Waals surface area contributed by atoms with E-state index in [1.807, 2.05) is 24.3 Å². The second-order valence-corrected chi connectivity index (χ2v) is 7.10. The highest BCUT2D eigenvalue weighted by Crippen LogP contribution is 2.30. The van der Waals surface area contributed by atoms with Gasteiger partial charge in [0.1, 0.15) is 5.75 Å². The van der Waals surface area contributed by atoms with Crippen molar-refractivity contribution in [2.45, 2.75) is 6.54 Å². The molecule has 1 aliphatic heterocycles. The summed E-state index contributed by atoms with van der Waals surface area (Å²) in [5.41, 5.74) is 0.979. The topological polar surface area (TPSA) is 85.2 Å². The van der Waals surface area contributed by atoms with Crippen LogP contribution in [0.3, 0.4) is 0 Å². The number of rotatable bonds is 7. The molecule has 9 heteroatoms. The number of carbonyl (C=O) groups is 1.